The molecule has 3 aromatic rings. The SMILES string of the molecule is COc1ccc(-c2cn(-c3ccccc3)nc2C(=O)N2CCOC(C)C2)cc1OC. The van der Waals surface area contributed by atoms with E-state index in [0.717, 1.165) is 16.8 Å². The normalized spacial score (nSPS) is 16.4. The number of rotatable bonds is 5. The van der Waals surface area contributed by atoms with E-state index in [9.17, 15) is 4.79 Å². The van der Waals surface area contributed by atoms with Gasteiger partial charge in [-0.3, -0.25) is 4.79 Å². The third kappa shape index (κ3) is 3.89. The van der Waals surface area contributed by atoms with Gasteiger partial charge in [-0.05, 0) is 36.8 Å². The van der Waals surface area contributed by atoms with Crippen LogP contribution in [0.15, 0.2) is 54.7 Å². The Morgan fingerprint density at radius 2 is 1.87 bits per heavy atom. The first-order valence-electron chi connectivity index (χ1n) is 9.89. The molecule has 0 saturated carbocycles. The van der Waals surface area contributed by atoms with Gasteiger partial charge in [0, 0.05) is 24.8 Å². The second-order valence-corrected chi connectivity index (χ2v) is 7.17. The summed E-state index contributed by atoms with van der Waals surface area (Å²) < 4.78 is 18.1. The molecule has 1 fully saturated rings. The van der Waals surface area contributed by atoms with Gasteiger partial charge in [-0.15, -0.1) is 0 Å². The van der Waals surface area contributed by atoms with E-state index >= 15 is 0 Å². The van der Waals surface area contributed by atoms with Gasteiger partial charge < -0.3 is 19.1 Å². The smallest absolute Gasteiger partial charge is 0.275 e. The molecule has 7 heteroatoms. The van der Waals surface area contributed by atoms with Crippen molar-refractivity contribution in [3.05, 3.63) is 60.4 Å². The molecule has 30 heavy (non-hydrogen) atoms. The van der Waals surface area contributed by atoms with Gasteiger partial charge in [0.15, 0.2) is 17.2 Å². The average Bonchev–Trinajstić information content (AvgIpc) is 3.24. The van der Waals surface area contributed by atoms with Crippen LogP contribution in [0.1, 0.15) is 17.4 Å². The number of carbonyl (C=O) groups is 1. The molecule has 1 unspecified atom stereocenters. The van der Waals surface area contributed by atoms with Gasteiger partial charge in [0.05, 0.1) is 32.6 Å². The number of amides is 1. The van der Waals surface area contributed by atoms with Crippen molar-refractivity contribution in [3.8, 4) is 28.3 Å². The third-order valence-electron chi connectivity index (χ3n) is 5.16. The number of morpholine rings is 1. The Kier molecular flexibility index (Phi) is 5.72. The van der Waals surface area contributed by atoms with E-state index in [1.807, 2.05) is 61.7 Å². The molecule has 1 atom stereocenters. The van der Waals surface area contributed by atoms with E-state index in [2.05, 4.69) is 5.10 Å². The molecule has 2 heterocycles. The van der Waals surface area contributed by atoms with Gasteiger partial charge in [0.25, 0.3) is 5.91 Å². The van der Waals surface area contributed by atoms with Gasteiger partial charge in [-0.2, -0.15) is 5.10 Å². The van der Waals surface area contributed by atoms with Crippen LogP contribution in [0.2, 0.25) is 0 Å². The molecule has 1 amide bonds. The van der Waals surface area contributed by atoms with Crippen molar-refractivity contribution >= 4 is 5.91 Å². The summed E-state index contributed by atoms with van der Waals surface area (Å²) in [7, 11) is 3.19. The lowest BCUT2D eigenvalue weighted by molar-refractivity contribution is -0.0126. The van der Waals surface area contributed by atoms with Gasteiger partial charge in [-0.25, -0.2) is 4.68 Å². The third-order valence-corrected chi connectivity index (χ3v) is 5.16. The Morgan fingerprint density at radius 1 is 1.10 bits per heavy atom. The Morgan fingerprint density at radius 3 is 2.57 bits per heavy atom. The zero-order valence-electron chi connectivity index (χ0n) is 17.4. The van der Waals surface area contributed by atoms with Crippen LogP contribution in [-0.2, 0) is 4.74 Å². The fourth-order valence-electron chi connectivity index (χ4n) is 3.61. The number of carbonyl (C=O) groups excluding carboxylic acids is 1. The number of methoxy groups -OCH3 is 2. The number of ether oxygens (including phenoxy) is 3. The lowest BCUT2D eigenvalue weighted by Crippen LogP contribution is -2.44. The predicted octanol–water partition coefficient (Wildman–Crippen LogP) is 3.42. The molecular weight excluding hydrogens is 382 g/mol. The van der Waals surface area contributed by atoms with Crippen molar-refractivity contribution in [2.24, 2.45) is 0 Å². The summed E-state index contributed by atoms with van der Waals surface area (Å²) >= 11 is 0. The molecule has 1 aliphatic heterocycles. The minimum atomic E-state index is -0.107. The molecule has 0 spiro atoms. The summed E-state index contributed by atoms with van der Waals surface area (Å²) in [4.78, 5) is 15.2. The highest BCUT2D eigenvalue weighted by Crippen LogP contribution is 2.34. The number of hydrogen-bond donors (Lipinski definition) is 0. The number of nitrogens with zero attached hydrogens (tertiary/aromatic N) is 3. The molecular formula is C23H25N3O4. The van der Waals surface area contributed by atoms with Gasteiger partial charge in [0.2, 0.25) is 0 Å². The quantitative estimate of drug-likeness (QED) is 0.648. The van der Waals surface area contributed by atoms with Crippen molar-refractivity contribution < 1.29 is 19.0 Å². The molecule has 0 bridgehead atoms. The molecule has 1 saturated heterocycles. The average molecular weight is 407 g/mol. The molecule has 4 rings (SSSR count). The molecule has 1 aliphatic rings. The second-order valence-electron chi connectivity index (χ2n) is 7.17. The second kappa shape index (κ2) is 8.59. The van der Waals surface area contributed by atoms with Crippen molar-refractivity contribution in [1.82, 2.24) is 14.7 Å². The summed E-state index contributed by atoms with van der Waals surface area (Å²) in [6.07, 6.45) is 1.89. The summed E-state index contributed by atoms with van der Waals surface area (Å²) in [6, 6.07) is 15.3. The first-order chi connectivity index (χ1) is 14.6. The van der Waals surface area contributed by atoms with E-state index in [1.165, 1.54) is 0 Å². The van der Waals surface area contributed by atoms with Crippen molar-refractivity contribution in [2.75, 3.05) is 33.9 Å². The fourth-order valence-corrected chi connectivity index (χ4v) is 3.61. The fraction of sp³-hybridized carbons (Fsp3) is 0.304. The molecule has 7 nitrogen and oxygen atoms in total. The Balaban J connectivity index is 1.80. The van der Waals surface area contributed by atoms with E-state index in [1.54, 1.807) is 23.8 Å². The molecule has 1 aromatic heterocycles. The largest absolute Gasteiger partial charge is 0.493 e. The number of hydrogen-bond acceptors (Lipinski definition) is 5. The number of benzene rings is 2. The number of para-hydroxylation sites is 1. The monoisotopic (exact) mass is 407 g/mol. The maximum atomic E-state index is 13.4. The van der Waals surface area contributed by atoms with Crippen molar-refractivity contribution in [1.29, 1.82) is 0 Å². The lowest BCUT2D eigenvalue weighted by Gasteiger charge is -2.30. The minimum absolute atomic E-state index is 0.00318. The van der Waals surface area contributed by atoms with Gasteiger partial charge >= 0.3 is 0 Å². The predicted molar refractivity (Wildman–Crippen MR) is 113 cm³/mol. The van der Waals surface area contributed by atoms with Crippen LogP contribution in [0.5, 0.6) is 11.5 Å². The van der Waals surface area contributed by atoms with Gasteiger partial charge in [-0.1, -0.05) is 24.3 Å². The van der Waals surface area contributed by atoms with Crippen LogP contribution in [0.4, 0.5) is 0 Å². The van der Waals surface area contributed by atoms with Crippen molar-refractivity contribution in [2.45, 2.75) is 13.0 Å². The van der Waals surface area contributed by atoms with E-state index in [0.29, 0.717) is 36.9 Å². The topological polar surface area (TPSA) is 65.8 Å². The summed E-state index contributed by atoms with van der Waals surface area (Å²) in [6.45, 7) is 3.59. The van der Waals surface area contributed by atoms with Crippen LogP contribution in [-0.4, -0.2) is 60.6 Å². The molecule has 0 radical (unpaired) electrons. The summed E-state index contributed by atoms with van der Waals surface area (Å²) in [5.41, 5.74) is 2.86. The van der Waals surface area contributed by atoms with Crippen LogP contribution in [0.3, 0.4) is 0 Å². The minimum Gasteiger partial charge on any atom is -0.493 e. The van der Waals surface area contributed by atoms with Gasteiger partial charge in [0.1, 0.15) is 0 Å². The Bertz CT molecular complexity index is 1030. The maximum Gasteiger partial charge on any atom is 0.275 e. The van der Waals surface area contributed by atoms with E-state index in [4.69, 9.17) is 14.2 Å². The van der Waals surface area contributed by atoms with Crippen molar-refractivity contribution in [3.63, 3.8) is 0 Å². The molecule has 0 N–H and O–H groups in total. The molecule has 0 aliphatic carbocycles. The van der Waals surface area contributed by atoms with Crippen LogP contribution in [0.25, 0.3) is 16.8 Å². The van der Waals surface area contributed by atoms with Crippen LogP contribution < -0.4 is 9.47 Å². The van der Waals surface area contributed by atoms with Crippen LogP contribution in [0, 0.1) is 0 Å². The van der Waals surface area contributed by atoms with Crippen LogP contribution >= 0.6 is 0 Å². The Labute approximate surface area is 175 Å². The highest BCUT2D eigenvalue weighted by atomic mass is 16.5. The first kappa shape index (κ1) is 20.0. The zero-order valence-corrected chi connectivity index (χ0v) is 17.4. The van der Waals surface area contributed by atoms with E-state index in [-0.39, 0.29) is 12.0 Å². The Hall–Kier alpha value is -3.32. The summed E-state index contributed by atoms with van der Waals surface area (Å²) in [5.74, 6) is 1.12. The highest BCUT2D eigenvalue weighted by molar-refractivity contribution is 5.99. The highest BCUT2D eigenvalue weighted by Gasteiger charge is 2.28. The standard InChI is InChI=1S/C23H25N3O4/c1-16-14-25(11-12-30-16)23(27)22-19(15-26(24-22)18-7-5-4-6-8-18)17-9-10-20(28-2)21(13-17)29-3/h4-10,13,15-16H,11-12,14H2,1-3H3. The van der Waals surface area contributed by atoms with E-state index < -0.39 is 0 Å². The molecule has 2 aromatic carbocycles. The first-order valence-corrected chi connectivity index (χ1v) is 9.89. The zero-order chi connectivity index (χ0) is 21.1. The lowest BCUT2D eigenvalue weighted by atomic mass is 10.0. The summed E-state index contributed by atoms with van der Waals surface area (Å²) in [5, 5.41) is 4.67. The number of aromatic nitrogens is 2. The maximum absolute atomic E-state index is 13.4. The molecule has 156 valence electrons.